The molecule has 12 heteroatoms. The molecular weight excluding hydrogens is 404 g/mol. The van der Waals surface area contributed by atoms with Crippen molar-refractivity contribution < 1.29 is 50.3 Å². The number of rotatable bonds is 11. The summed E-state index contributed by atoms with van der Waals surface area (Å²) >= 11 is 0. The molecule has 0 aromatic carbocycles. The van der Waals surface area contributed by atoms with Crippen molar-refractivity contribution in [3.8, 4) is 0 Å². The van der Waals surface area contributed by atoms with Gasteiger partial charge < -0.3 is 50.3 Å². The minimum absolute atomic E-state index is 0.468. The molecule has 2 rings (SSSR count). The number of aliphatic hydroxyl groups is 8. The number of hydrogen-bond acceptors (Lipinski definition) is 12. The van der Waals surface area contributed by atoms with Crippen LogP contribution in [0, 0.1) is 0 Å². The summed E-state index contributed by atoms with van der Waals surface area (Å²) in [7, 11) is 0. The van der Waals surface area contributed by atoms with Gasteiger partial charge >= 0.3 is 0 Å². The summed E-state index contributed by atoms with van der Waals surface area (Å²) in [6, 6.07) is 0. The van der Waals surface area contributed by atoms with Crippen LogP contribution >= 0.6 is 0 Å². The molecule has 0 saturated carbocycles. The molecule has 2 aliphatic heterocycles. The minimum atomic E-state index is -1.40. The molecule has 2 heterocycles. The highest BCUT2D eigenvalue weighted by Gasteiger charge is 2.44. The molecule has 0 amide bonds. The Labute approximate surface area is 175 Å². The van der Waals surface area contributed by atoms with Crippen LogP contribution < -0.4 is 10.6 Å². The summed E-state index contributed by atoms with van der Waals surface area (Å²) in [5.74, 6) is 0. The Kier molecular flexibility index (Phi) is 10.8. The predicted octanol–water partition coefficient (Wildman–Crippen LogP) is -4.67. The van der Waals surface area contributed by atoms with Gasteiger partial charge in [-0.15, -0.1) is 0 Å². The van der Waals surface area contributed by atoms with Crippen molar-refractivity contribution in [2.75, 3.05) is 26.3 Å². The third-order valence-corrected chi connectivity index (χ3v) is 5.58. The van der Waals surface area contributed by atoms with Crippen LogP contribution in [0.2, 0.25) is 0 Å². The van der Waals surface area contributed by atoms with Gasteiger partial charge in [0.25, 0.3) is 0 Å². The molecule has 2 saturated heterocycles. The number of nitrogens with one attached hydrogen (secondary N) is 2. The maximum atomic E-state index is 9.94. The summed E-state index contributed by atoms with van der Waals surface area (Å²) in [4.78, 5) is 0. The molecule has 0 unspecified atom stereocenters. The van der Waals surface area contributed by atoms with Crippen LogP contribution in [0.1, 0.15) is 25.7 Å². The monoisotopic (exact) mass is 440 g/mol. The Hall–Kier alpha value is -0.480. The van der Waals surface area contributed by atoms with Gasteiger partial charge in [-0.2, -0.15) is 0 Å². The van der Waals surface area contributed by atoms with Crippen molar-refractivity contribution in [1.82, 2.24) is 10.6 Å². The topological polar surface area (TPSA) is 204 Å². The van der Waals surface area contributed by atoms with Crippen LogP contribution in [0.5, 0.6) is 0 Å². The largest absolute Gasteiger partial charge is 0.394 e. The zero-order valence-electron chi connectivity index (χ0n) is 16.8. The average Bonchev–Trinajstić information content (AvgIpc) is 2.75. The van der Waals surface area contributed by atoms with Crippen molar-refractivity contribution in [3.05, 3.63) is 0 Å². The van der Waals surface area contributed by atoms with Gasteiger partial charge in [-0.05, 0) is 25.9 Å². The lowest BCUT2D eigenvalue weighted by atomic mass is 9.98. The molecule has 0 radical (unpaired) electrons. The van der Waals surface area contributed by atoms with E-state index in [2.05, 4.69) is 10.6 Å². The van der Waals surface area contributed by atoms with E-state index in [1.165, 1.54) is 0 Å². The van der Waals surface area contributed by atoms with E-state index < -0.39 is 74.5 Å². The third kappa shape index (κ3) is 6.51. The van der Waals surface area contributed by atoms with Crippen LogP contribution in [-0.4, -0.2) is 128 Å². The summed E-state index contributed by atoms with van der Waals surface area (Å²) in [6.07, 6.45) is -8.57. The summed E-state index contributed by atoms with van der Waals surface area (Å²) in [5.41, 5.74) is 0. The van der Waals surface area contributed by atoms with Crippen LogP contribution in [0.25, 0.3) is 0 Å². The average molecular weight is 440 g/mol. The molecule has 30 heavy (non-hydrogen) atoms. The second kappa shape index (κ2) is 12.5. The highest BCUT2D eigenvalue weighted by atomic mass is 16.6. The normalized spacial score (nSPS) is 42.4. The van der Waals surface area contributed by atoms with Gasteiger partial charge in [0.2, 0.25) is 0 Å². The number of aliphatic hydroxyl groups excluding tert-OH is 8. The molecule has 10 atom stereocenters. The first-order chi connectivity index (χ1) is 14.3. The van der Waals surface area contributed by atoms with Crippen molar-refractivity contribution in [3.63, 3.8) is 0 Å². The van der Waals surface area contributed by atoms with E-state index in [4.69, 9.17) is 19.7 Å². The van der Waals surface area contributed by atoms with Crippen molar-refractivity contribution >= 4 is 0 Å². The van der Waals surface area contributed by atoms with Crippen LogP contribution in [-0.2, 0) is 9.47 Å². The molecule has 12 nitrogen and oxygen atoms in total. The van der Waals surface area contributed by atoms with Gasteiger partial charge in [-0.25, -0.2) is 0 Å². The lowest BCUT2D eigenvalue weighted by Gasteiger charge is -2.40. The molecule has 0 aliphatic carbocycles. The lowest BCUT2D eigenvalue weighted by Crippen LogP contribution is -2.62. The zero-order valence-corrected chi connectivity index (χ0v) is 16.8. The highest BCUT2D eigenvalue weighted by molar-refractivity contribution is 4.91. The molecular formula is C18H36N2O10. The third-order valence-electron chi connectivity index (χ3n) is 5.58. The summed E-state index contributed by atoms with van der Waals surface area (Å²) < 4.78 is 10.7. The highest BCUT2D eigenvalue weighted by Crippen LogP contribution is 2.20. The number of hydrogen-bond donors (Lipinski definition) is 10. The fourth-order valence-corrected chi connectivity index (χ4v) is 3.63. The number of unbranched alkanes of at least 4 members (excludes halogenated alkanes) is 3. The lowest BCUT2D eigenvalue weighted by molar-refractivity contribution is -0.236. The van der Waals surface area contributed by atoms with Gasteiger partial charge in [0, 0.05) is 0 Å². The van der Waals surface area contributed by atoms with Crippen LogP contribution in [0.3, 0.4) is 0 Å². The van der Waals surface area contributed by atoms with Gasteiger partial charge in [-0.3, -0.25) is 10.6 Å². The molecule has 0 aromatic rings. The molecule has 0 aromatic heterocycles. The molecule has 0 spiro atoms. The van der Waals surface area contributed by atoms with E-state index in [1.54, 1.807) is 0 Å². The minimum Gasteiger partial charge on any atom is -0.394 e. The Balaban J connectivity index is 1.57. The molecule has 0 bridgehead atoms. The van der Waals surface area contributed by atoms with Crippen molar-refractivity contribution in [1.29, 1.82) is 0 Å². The van der Waals surface area contributed by atoms with Crippen molar-refractivity contribution in [2.45, 2.75) is 87.0 Å². The maximum absolute atomic E-state index is 9.94. The van der Waals surface area contributed by atoms with E-state index in [-0.39, 0.29) is 0 Å². The van der Waals surface area contributed by atoms with E-state index in [0.717, 1.165) is 25.7 Å². The van der Waals surface area contributed by atoms with Gasteiger partial charge in [0.15, 0.2) is 0 Å². The van der Waals surface area contributed by atoms with Crippen LogP contribution in [0.4, 0.5) is 0 Å². The van der Waals surface area contributed by atoms with Crippen molar-refractivity contribution in [2.24, 2.45) is 0 Å². The first-order valence-corrected chi connectivity index (χ1v) is 10.4. The second-order valence-corrected chi connectivity index (χ2v) is 7.82. The Morgan fingerprint density at radius 1 is 0.500 bits per heavy atom. The smallest absolute Gasteiger partial charge is 0.137 e. The second-order valence-electron chi connectivity index (χ2n) is 7.82. The first-order valence-electron chi connectivity index (χ1n) is 10.4. The summed E-state index contributed by atoms with van der Waals surface area (Å²) in [5, 5.41) is 83.1. The Bertz CT molecular complexity index is 444. The van der Waals surface area contributed by atoms with E-state index in [0.29, 0.717) is 13.1 Å². The van der Waals surface area contributed by atoms with E-state index in [1.807, 2.05) is 0 Å². The summed E-state index contributed by atoms with van der Waals surface area (Å²) in [6.45, 7) is 0.0702. The quantitative estimate of drug-likeness (QED) is 0.138. The molecule has 2 aliphatic rings. The Morgan fingerprint density at radius 3 is 1.20 bits per heavy atom. The van der Waals surface area contributed by atoms with Gasteiger partial charge in [-0.1, -0.05) is 12.8 Å². The Morgan fingerprint density at radius 2 is 0.867 bits per heavy atom. The van der Waals surface area contributed by atoms with E-state index >= 15 is 0 Å². The predicted molar refractivity (Wildman–Crippen MR) is 102 cm³/mol. The molecule has 10 N–H and O–H groups in total. The van der Waals surface area contributed by atoms with Gasteiger partial charge in [0.05, 0.1) is 13.2 Å². The first kappa shape index (κ1) is 25.8. The fourth-order valence-electron chi connectivity index (χ4n) is 3.63. The van der Waals surface area contributed by atoms with E-state index in [9.17, 15) is 30.6 Å². The SMILES string of the molecule is OC[C@H]1O[C@@H](NCCCCCCN[C@@H]2O[C@H](CO)[C@@H](O)[C@H](O)[C@H]2O)[C@H](O)[C@@H](O)[C@@H]1O. The molecule has 178 valence electrons. The number of ether oxygens (including phenoxy) is 2. The van der Waals surface area contributed by atoms with Crippen LogP contribution in [0.15, 0.2) is 0 Å². The standard InChI is InChI=1S/C18H36N2O10/c21-7-9-11(23)13(25)15(27)17(29-9)19-5-3-1-2-4-6-20-18-16(28)14(26)12(24)10(8-22)30-18/h9-28H,1-8H2/t9-,10-,11-,12-,13+,14+,15-,16-,17-,18-/m1/s1. The molecule has 2 fully saturated rings. The van der Waals surface area contributed by atoms with Gasteiger partial charge in [0.1, 0.15) is 61.3 Å². The fraction of sp³-hybridized carbons (Fsp3) is 1.00. The zero-order chi connectivity index (χ0) is 22.3. The maximum Gasteiger partial charge on any atom is 0.137 e.